The second-order valence-electron chi connectivity index (χ2n) is 6.74. The van der Waals surface area contributed by atoms with Crippen molar-refractivity contribution in [1.82, 2.24) is 20.0 Å². The molecule has 0 bridgehead atoms. The molecule has 130 valence electrons. The Morgan fingerprint density at radius 1 is 1.25 bits per heavy atom. The summed E-state index contributed by atoms with van der Waals surface area (Å²) in [6.07, 6.45) is 0.926. The van der Waals surface area contributed by atoms with Gasteiger partial charge in [-0.15, -0.1) is 0 Å². The van der Waals surface area contributed by atoms with E-state index < -0.39 is 0 Å². The van der Waals surface area contributed by atoms with Crippen LogP contribution in [0.2, 0.25) is 0 Å². The zero-order valence-electron chi connectivity index (χ0n) is 15.3. The zero-order valence-corrected chi connectivity index (χ0v) is 15.3. The van der Waals surface area contributed by atoms with E-state index in [1.54, 1.807) is 0 Å². The van der Waals surface area contributed by atoms with Gasteiger partial charge in [0.1, 0.15) is 0 Å². The molecule has 0 unspecified atom stereocenters. The molecule has 1 N–H and O–H groups in total. The quantitative estimate of drug-likeness (QED) is 0.795. The maximum atomic E-state index is 12.2. The van der Waals surface area contributed by atoms with Crippen LogP contribution >= 0.6 is 0 Å². The summed E-state index contributed by atoms with van der Waals surface area (Å²) in [6.45, 7) is 7.92. The summed E-state index contributed by atoms with van der Waals surface area (Å²) in [7, 11) is 4.05. The molecule has 0 aliphatic rings. The third-order valence-electron chi connectivity index (χ3n) is 3.99. The minimum Gasteiger partial charge on any atom is -0.351 e. The van der Waals surface area contributed by atoms with Crippen molar-refractivity contribution >= 4 is 5.91 Å². The molecule has 24 heavy (non-hydrogen) atoms. The molecule has 0 atom stereocenters. The first-order valence-electron chi connectivity index (χ1n) is 8.48. The Morgan fingerprint density at radius 2 is 1.92 bits per heavy atom. The SMILES string of the molecule is Cc1cc(C(=O)NCCCN(C)C)nn1-c1ccc(C(C)C)cc1. The smallest absolute Gasteiger partial charge is 0.271 e. The second-order valence-corrected chi connectivity index (χ2v) is 6.74. The van der Waals surface area contributed by atoms with Crippen molar-refractivity contribution in [3.05, 3.63) is 47.3 Å². The van der Waals surface area contributed by atoms with Crippen LogP contribution in [0.5, 0.6) is 0 Å². The molecular weight excluding hydrogens is 300 g/mol. The largest absolute Gasteiger partial charge is 0.351 e. The third kappa shape index (κ3) is 4.68. The number of hydrogen-bond donors (Lipinski definition) is 1. The summed E-state index contributed by atoms with van der Waals surface area (Å²) in [5, 5.41) is 7.39. The lowest BCUT2D eigenvalue weighted by Crippen LogP contribution is -2.27. The summed E-state index contributed by atoms with van der Waals surface area (Å²) in [4.78, 5) is 14.3. The van der Waals surface area contributed by atoms with E-state index in [1.807, 2.05) is 43.9 Å². The fraction of sp³-hybridized carbons (Fsp3) is 0.474. The number of carbonyl (C=O) groups excluding carboxylic acids is 1. The second kappa shape index (κ2) is 8.11. The minimum absolute atomic E-state index is 0.116. The molecule has 0 aliphatic carbocycles. The van der Waals surface area contributed by atoms with Gasteiger partial charge in [-0.25, -0.2) is 4.68 Å². The molecule has 0 radical (unpaired) electrons. The predicted octanol–water partition coefficient (Wildman–Crippen LogP) is 2.99. The van der Waals surface area contributed by atoms with Gasteiger partial charge in [0.25, 0.3) is 5.91 Å². The van der Waals surface area contributed by atoms with E-state index in [9.17, 15) is 4.79 Å². The highest BCUT2D eigenvalue weighted by Gasteiger charge is 2.13. The number of aryl methyl sites for hydroxylation is 1. The number of carbonyl (C=O) groups is 1. The van der Waals surface area contributed by atoms with Crippen LogP contribution < -0.4 is 5.32 Å². The molecule has 0 aliphatic heterocycles. The predicted molar refractivity (Wildman–Crippen MR) is 97.9 cm³/mol. The van der Waals surface area contributed by atoms with E-state index in [0.717, 1.165) is 24.3 Å². The highest BCUT2D eigenvalue weighted by atomic mass is 16.1. The maximum Gasteiger partial charge on any atom is 0.271 e. The first-order chi connectivity index (χ1) is 11.4. The number of hydrogen-bond acceptors (Lipinski definition) is 3. The van der Waals surface area contributed by atoms with E-state index in [0.29, 0.717) is 18.2 Å². The Hall–Kier alpha value is -2.14. The van der Waals surface area contributed by atoms with Crippen molar-refractivity contribution in [3.8, 4) is 5.69 Å². The average molecular weight is 328 g/mol. The van der Waals surface area contributed by atoms with E-state index >= 15 is 0 Å². The fourth-order valence-electron chi connectivity index (χ4n) is 2.53. The van der Waals surface area contributed by atoms with Crippen molar-refractivity contribution < 1.29 is 4.79 Å². The number of nitrogens with zero attached hydrogens (tertiary/aromatic N) is 3. The van der Waals surface area contributed by atoms with Gasteiger partial charge < -0.3 is 10.2 Å². The molecule has 5 heteroatoms. The topological polar surface area (TPSA) is 50.2 Å². The molecular formula is C19H28N4O. The minimum atomic E-state index is -0.116. The molecule has 0 spiro atoms. The molecule has 0 saturated heterocycles. The van der Waals surface area contributed by atoms with Crippen LogP contribution in [-0.2, 0) is 0 Å². The Balaban J connectivity index is 2.05. The van der Waals surface area contributed by atoms with Crippen LogP contribution in [0.1, 0.15) is 47.9 Å². The summed E-state index contributed by atoms with van der Waals surface area (Å²) < 4.78 is 1.82. The number of aromatic nitrogens is 2. The van der Waals surface area contributed by atoms with E-state index in [4.69, 9.17) is 0 Å². The summed E-state index contributed by atoms with van der Waals surface area (Å²) >= 11 is 0. The summed E-state index contributed by atoms with van der Waals surface area (Å²) in [6, 6.07) is 10.2. The number of amides is 1. The van der Waals surface area contributed by atoms with Crippen LogP contribution in [0.25, 0.3) is 5.69 Å². The highest BCUT2D eigenvalue weighted by molar-refractivity contribution is 5.92. The van der Waals surface area contributed by atoms with Crippen molar-refractivity contribution in [2.45, 2.75) is 33.1 Å². The normalized spacial score (nSPS) is 11.3. The van der Waals surface area contributed by atoms with Gasteiger partial charge in [-0.05, 0) is 63.7 Å². The van der Waals surface area contributed by atoms with Crippen molar-refractivity contribution in [1.29, 1.82) is 0 Å². The number of benzene rings is 1. The Labute approximate surface area is 144 Å². The van der Waals surface area contributed by atoms with Crippen LogP contribution in [0, 0.1) is 6.92 Å². The third-order valence-corrected chi connectivity index (χ3v) is 3.99. The van der Waals surface area contributed by atoms with Crippen LogP contribution in [0.4, 0.5) is 0 Å². The van der Waals surface area contributed by atoms with Gasteiger partial charge in [0.05, 0.1) is 5.69 Å². The van der Waals surface area contributed by atoms with Gasteiger partial charge in [0, 0.05) is 12.2 Å². The van der Waals surface area contributed by atoms with Crippen LogP contribution in [0.15, 0.2) is 30.3 Å². The maximum absolute atomic E-state index is 12.2. The number of rotatable bonds is 7. The lowest BCUT2D eigenvalue weighted by atomic mass is 10.0. The molecule has 1 heterocycles. The van der Waals surface area contributed by atoms with Gasteiger partial charge in [-0.1, -0.05) is 26.0 Å². The van der Waals surface area contributed by atoms with Crippen molar-refractivity contribution in [2.24, 2.45) is 0 Å². The van der Waals surface area contributed by atoms with Gasteiger partial charge >= 0.3 is 0 Å². The van der Waals surface area contributed by atoms with Gasteiger partial charge in [-0.2, -0.15) is 5.10 Å². The van der Waals surface area contributed by atoms with Crippen molar-refractivity contribution in [3.63, 3.8) is 0 Å². The molecule has 5 nitrogen and oxygen atoms in total. The zero-order chi connectivity index (χ0) is 17.7. The number of nitrogens with one attached hydrogen (secondary N) is 1. The Bertz CT molecular complexity index is 671. The van der Waals surface area contributed by atoms with Gasteiger partial charge in [-0.3, -0.25) is 4.79 Å². The molecule has 2 rings (SSSR count). The van der Waals surface area contributed by atoms with Gasteiger partial charge in [0.2, 0.25) is 0 Å². The molecule has 0 fully saturated rings. The molecule has 0 saturated carbocycles. The van der Waals surface area contributed by atoms with E-state index in [1.165, 1.54) is 5.56 Å². The molecule has 1 aromatic carbocycles. The Kier molecular flexibility index (Phi) is 6.15. The fourth-order valence-corrected chi connectivity index (χ4v) is 2.53. The molecule has 2 aromatic rings. The lowest BCUT2D eigenvalue weighted by molar-refractivity contribution is 0.0947. The molecule has 1 amide bonds. The van der Waals surface area contributed by atoms with E-state index in [2.05, 4.69) is 41.3 Å². The van der Waals surface area contributed by atoms with E-state index in [-0.39, 0.29) is 5.91 Å². The average Bonchev–Trinajstić information content (AvgIpc) is 2.93. The van der Waals surface area contributed by atoms with Gasteiger partial charge in [0.15, 0.2) is 5.69 Å². The Morgan fingerprint density at radius 3 is 2.50 bits per heavy atom. The first-order valence-corrected chi connectivity index (χ1v) is 8.48. The monoisotopic (exact) mass is 328 g/mol. The molecule has 1 aromatic heterocycles. The summed E-state index contributed by atoms with van der Waals surface area (Å²) in [5.74, 6) is 0.385. The standard InChI is InChI=1S/C19H28N4O/c1-14(2)16-7-9-17(10-8-16)23-15(3)13-18(21-23)19(24)20-11-6-12-22(4)5/h7-10,13-14H,6,11-12H2,1-5H3,(H,20,24). The van der Waals surface area contributed by atoms with Crippen LogP contribution in [0.3, 0.4) is 0 Å². The summed E-state index contributed by atoms with van der Waals surface area (Å²) in [5.41, 5.74) is 3.68. The highest BCUT2D eigenvalue weighted by Crippen LogP contribution is 2.18. The lowest BCUT2D eigenvalue weighted by Gasteiger charge is -2.09. The van der Waals surface area contributed by atoms with Crippen molar-refractivity contribution in [2.75, 3.05) is 27.2 Å². The van der Waals surface area contributed by atoms with Crippen LogP contribution in [-0.4, -0.2) is 47.8 Å². The first kappa shape index (κ1) is 18.2.